The Morgan fingerprint density at radius 2 is 1.93 bits per heavy atom. The Labute approximate surface area is 156 Å². The van der Waals surface area contributed by atoms with Crippen LogP contribution >= 0.6 is 0 Å². The highest BCUT2D eigenvalue weighted by atomic mass is 19.1. The minimum absolute atomic E-state index is 0.0461. The van der Waals surface area contributed by atoms with E-state index in [1.807, 2.05) is 0 Å². The molecule has 0 unspecified atom stereocenters. The van der Waals surface area contributed by atoms with Crippen molar-refractivity contribution < 1.29 is 23.1 Å². The molecule has 6 heteroatoms. The van der Waals surface area contributed by atoms with Crippen LogP contribution in [0.15, 0.2) is 36.4 Å². The van der Waals surface area contributed by atoms with E-state index in [4.69, 9.17) is 4.74 Å². The summed E-state index contributed by atoms with van der Waals surface area (Å²) < 4.78 is 32.3. The Hall–Kier alpha value is -2.60. The van der Waals surface area contributed by atoms with Crippen molar-refractivity contribution in [3.05, 3.63) is 64.7 Å². The van der Waals surface area contributed by atoms with Gasteiger partial charge in [0.2, 0.25) is 0 Å². The highest BCUT2D eigenvalue weighted by molar-refractivity contribution is 5.98. The second-order valence-corrected chi connectivity index (χ2v) is 6.73. The molecule has 0 spiro atoms. The van der Waals surface area contributed by atoms with Crippen molar-refractivity contribution in [2.75, 3.05) is 20.2 Å². The lowest BCUT2D eigenvalue weighted by atomic mass is 9.88. The van der Waals surface area contributed by atoms with Gasteiger partial charge in [-0.3, -0.25) is 14.5 Å². The first kappa shape index (κ1) is 19.2. The van der Waals surface area contributed by atoms with Crippen LogP contribution in [0.2, 0.25) is 0 Å². The molecule has 142 valence electrons. The number of ketones is 1. The smallest absolute Gasteiger partial charge is 0.168 e. The number of halogens is 2. The molecule has 0 atom stereocenters. The summed E-state index contributed by atoms with van der Waals surface area (Å²) in [5, 5.41) is 0. The number of rotatable bonds is 6. The highest BCUT2D eigenvalue weighted by Crippen LogP contribution is 2.27. The van der Waals surface area contributed by atoms with Crippen LogP contribution in [-0.2, 0) is 6.54 Å². The molecule has 0 radical (unpaired) electrons. The van der Waals surface area contributed by atoms with Crippen molar-refractivity contribution in [1.82, 2.24) is 4.90 Å². The molecule has 2 aromatic carbocycles. The van der Waals surface area contributed by atoms with E-state index in [1.165, 1.54) is 6.07 Å². The third kappa shape index (κ3) is 4.39. The zero-order valence-corrected chi connectivity index (χ0v) is 15.1. The molecule has 0 aromatic heterocycles. The van der Waals surface area contributed by atoms with Gasteiger partial charge in [-0.1, -0.05) is 0 Å². The number of nitrogens with zero attached hydrogens (tertiary/aromatic N) is 1. The van der Waals surface area contributed by atoms with Crippen LogP contribution in [0.3, 0.4) is 0 Å². The fourth-order valence-electron chi connectivity index (χ4n) is 3.50. The lowest BCUT2D eigenvalue weighted by Gasteiger charge is -2.31. The number of hydrogen-bond donors (Lipinski definition) is 0. The molecule has 0 aliphatic carbocycles. The number of hydrogen-bond acceptors (Lipinski definition) is 4. The van der Waals surface area contributed by atoms with Crippen molar-refractivity contribution in [3.8, 4) is 5.75 Å². The molecular weight excluding hydrogens is 352 g/mol. The lowest BCUT2D eigenvalue weighted by Crippen LogP contribution is -2.36. The molecule has 1 heterocycles. The molecule has 0 N–H and O–H groups in total. The average molecular weight is 373 g/mol. The first-order valence-corrected chi connectivity index (χ1v) is 8.85. The Morgan fingerprint density at radius 3 is 2.56 bits per heavy atom. The van der Waals surface area contributed by atoms with Crippen molar-refractivity contribution in [3.63, 3.8) is 0 Å². The van der Waals surface area contributed by atoms with E-state index in [0.717, 1.165) is 24.0 Å². The van der Waals surface area contributed by atoms with Gasteiger partial charge in [-0.2, -0.15) is 0 Å². The van der Waals surface area contributed by atoms with Gasteiger partial charge in [0.25, 0.3) is 0 Å². The van der Waals surface area contributed by atoms with E-state index in [9.17, 15) is 18.4 Å². The molecule has 0 saturated carbocycles. The number of aldehydes is 1. The summed E-state index contributed by atoms with van der Waals surface area (Å²) in [7, 11) is 1.58. The van der Waals surface area contributed by atoms with E-state index >= 15 is 0 Å². The van der Waals surface area contributed by atoms with Crippen molar-refractivity contribution in [1.29, 1.82) is 0 Å². The van der Waals surface area contributed by atoms with Crippen LogP contribution in [0.4, 0.5) is 8.78 Å². The maximum Gasteiger partial charge on any atom is 0.168 e. The third-order valence-corrected chi connectivity index (χ3v) is 4.99. The number of piperidine rings is 1. The van der Waals surface area contributed by atoms with E-state index < -0.39 is 11.6 Å². The lowest BCUT2D eigenvalue weighted by molar-refractivity contribution is 0.0829. The van der Waals surface area contributed by atoms with Gasteiger partial charge in [-0.15, -0.1) is 0 Å². The van der Waals surface area contributed by atoms with Crippen molar-refractivity contribution in [2.24, 2.45) is 5.92 Å². The number of benzene rings is 2. The minimum atomic E-state index is -0.808. The maximum atomic E-state index is 13.9. The van der Waals surface area contributed by atoms with Gasteiger partial charge in [0.15, 0.2) is 5.78 Å². The molecule has 2 aromatic rings. The molecule has 4 nitrogen and oxygen atoms in total. The molecule has 27 heavy (non-hydrogen) atoms. The van der Waals surface area contributed by atoms with Gasteiger partial charge >= 0.3 is 0 Å². The van der Waals surface area contributed by atoms with E-state index in [0.29, 0.717) is 43.8 Å². The summed E-state index contributed by atoms with van der Waals surface area (Å²) >= 11 is 0. The van der Waals surface area contributed by atoms with Gasteiger partial charge in [0.1, 0.15) is 23.7 Å². The van der Waals surface area contributed by atoms with Gasteiger partial charge < -0.3 is 4.74 Å². The summed E-state index contributed by atoms with van der Waals surface area (Å²) in [6.45, 7) is 1.96. The predicted molar refractivity (Wildman–Crippen MR) is 97.1 cm³/mol. The SMILES string of the molecule is COc1ccc(C=O)cc1CN1CCC(C(=O)c2ccc(F)cc2F)CC1. The Kier molecular flexibility index (Phi) is 5.96. The number of methoxy groups -OCH3 is 1. The molecule has 1 aliphatic heterocycles. The van der Waals surface area contributed by atoms with Gasteiger partial charge in [-0.05, 0) is 56.3 Å². The monoisotopic (exact) mass is 373 g/mol. The normalized spacial score (nSPS) is 15.5. The topological polar surface area (TPSA) is 46.6 Å². The van der Waals surface area contributed by atoms with Gasteiger partial charge in [0.05, 0.1) is 12.7 Å². The van der Waals surface area contributed by atoms with E-state index in [1.54, 1.807) is 25.3 Å². The molecule has 1 aliphatic rings. The standard InChI is InChI=1S/C21H21F2NO3/c1-27-20-5-2-14(13-25)10-16(20)12-24-8-6-15(7-9-24)21(26)18-4-3-17(22)11-19(18)23/h2-5,10-11,13,15H,6-9,12H2,1H3. The van der Waals surface area contributed by atoms with Gasteiger partial charge in [0, 0.05) is 29.7 Å². The zero-order valence-electron chi connectivity index (χ0n) is 15.1. The van der Waals surface area contributed by atoms with E-state index in [2.05, 4.69) is 4.90 Å². The number of ether oxygens (including phenoxy) is 1. The highest BCUT2D eigenvalue weighted by Gasteiger charge is 2.28. The van der Waals surface area contributed by atoms with Crippen molar-refractivity contribution in [2.45, 2.75) is 19.4 Å². The number of likely N-dealkylation sites (tertiary alicyclic amines) is 1. The van der Waals surface area contributed by atoms with Crippen LogP contribution in [0.25, 0.3) is 0 Å². The van der Waals surface area contributed by atoms with Gasteiger partial charge in [-0.25, -0.2) is 8.78 Å². The minimum Gasteiger partial charge on any atom is -0.496 e. The summed E-state index contributed by atoms with van der Waals surface area (Å²) in [5.74, 6) is -1.33. The van der Waals surface area contributed by atoms with Crippen LogP contribution in [0, 0.1) is 17.6 Å². The fourth-order valence-corrected chi connectivity index (χ4v) is 3.50. The van der Waals surface area contributed by atoms with E-state index in [-0.39, 0.29) is 17.3 Å². The van der Waals surface area contributed by atoms with Crippen LogP contribution in [0.5, 0.6) is 5.75 Å². The van der Waals surface area contributed by atoms with Crippen LogP contribution in [-0.4, -0.2) is 37.2 Å². The summed E-state index contributed by atoms with van der Waals surface area (Å²) in [5.41, 5.74) is 1.45. The van der Waals surface area contributed by atoms with Crippen LogP contribution in [0.1, 0.15) is 39.1 Å². The summed E-state index contributed by atoms with van der Waals surface area (Å²) in [6.07, 6.45) is 2.00. The van der Waals surface area contributed by atoms with Crippen LogP contribution < -0.4 is 4.74 Å². The predicted octanol–water partition coefficient (Wildman–Crippen LogP) is 3.88. The summed E-state index contributed by atoms with van der Waals surface area (Å²) in [6, 6.07) is 8.35. The zero-order chi connectivity index (χ0) is 19.4. The fraction of sp³-hybridized carbons (Fsp3) is 0.333. The number of carbonyl (C=O) groups excluding carboxylic acids is 2. The maximum absolute atomic E-state index is 13.9. The summed E-state index contributed by atoms with van der Waals surface area (Å²) in [4.78, 5) is 25.7. The Morgan fingerprint density at radius 1 is 1.19 bits per heavy atom. The molecule has 0 amide bonds. The second kappa shape index (κ2) is 8.39. The number of carbonyl (C=O) groups is 2. The first-order chi connectivity index (χ1) is 13.0. The second-order valence-electron chi connectivity index (χ2n) is 6.73. The Balaban J connectivity index is 1.64. The molecule has 1 fully saturated rings. The third-order valence-electron chi connectivity index (χ3n) is 4.99. The quantitative estimate of drug-likeness (QED) is 0.570. The first-order valence-electron chi connectivity index (χ1n) is 8.85. The molecule has 1 saturated heterocycles. The average Bonchev–Trinajstić information content (AvgIpc) is 2.68. The largest absolute Gasteiger partial charge is 0.496 e. The Bertz CT molecular complexity index is 845. The number of Topliss-reactive ketones (excluding diaryl/α,β-unsaturated/α-hetero) is 1. The van der Waals surface area contributed by atoms with Crippen molar-refractivity contribution >= 4 is 12.1 Å². The molecule has 0 bridgehead atoms. The molecular formula is C21H21F2NO3. The molecule has 3 rings (SSSR count).